The zero-order valence-electron chi connectivity index (χ0n) is 21.9. The van der Waals surface area contributed by atoms with E-state index in [0.29, 0.717) is 18.4 Å². The van der Waals surface area contributed by atoms with E-state index < -0.39 is 42.3 Å². The van der Waals surface area contributed by atoms with Crippen LogP contribution in [0.5, 0.6) is 11.5 Å². The Kier molecular flexibility index (Phi) is 14.2. The Morgan fingerprint density at radius 1 is 0.833 bits per heavy atom. The molecule has 3 atom stereocenters. The molecule has 0 bridgehead atoms. The first kappa shape index (κ1) is 30.9. The van der Waals surface area contributed by atoms with Crippen molar-refractivity contribution in [1.29, 1.82) is 0 Å². The van der Waals surface area contributed by atoms with Gasteiger partial charge in [0, 0.05) is 12.8 Å². The number of unbranched alkanes of at least 4 members (excludes halogenated alkanes) is 2. The van der Waals surface area contributed by atoms with Gasteiger partial charge in [-0.05, 0) is 57.7 Å². The predicted octanol–water partition coefficient (Wildman–Crippen LogP) is 4.24. The molecule has 202 valence electrons. The van der Waals surface area contributed by atoms with Crippen LogP contribution in [0.1, 0.15) is 78.7 Å². The highest BCUT2D eigenvalue weighted by molar-refractivity contribution is 5.77. The van der Waals surface area contributed by atoms with Crippen molar-refractivity contribution in [1.82, 2.24) is 0 Å². The number of esters is 3. The summed E-state index contributed by atoms with van der Waals surface area (Å²) in [5.74, 6) is -1.36. The highest BCUT2D eigenvalue weighted by Crippen LogP contribution is 2.30. The van der Waals surface area contributed by atoms with Gasteiger partial charge in [0.15, 0.2) is 11.5 Å². The van der Waals surface area contributed by atoms with Gasteiger partial charge in [-0.2, -0.15) is 0 Å². The third kappa shape index (κ3) is 11.5. The third-order valence-electron chi connectivity index (χ3n) is 5.19. The number of nitrogens with two attached hydrogens (primary N) is 1. The van der Waals surface area contributed by atoms with Gasteiger partial charge in [-0.25, -0.2) is 4.79 Å². The summed E-state index contributed by atoms with van der Waals surface area (Å²) in [6, 6.07) is 3.63. The number of hydrogen-bond donors (Lipinski definition) is 1. The molecule has 0 radical (unpaired) electrons. The molecule has 0 saturated carbocycles. The zero-order valence-corrected chi connectivity index (χ0v) is 21.9. The highest BCUT2D eigenvalue weighted by atomic mass is 16.7. The van der Waals surface area contributed by atoms with E-state index >= 15 is 0 Å². The van der Waals surface area contributed by atoms with Gasteiger partial charge in [0.05, 0.1) is 6.61 Å². The fourth-order valence-electron chi connectivity index (χ4n) is 2.94. The Balaban J connectivity index is 2.89. The lowest BCUT2D eigenvalue weighted by Gasteiger charge is -2.22. The van der Waals surface area contributed by atoms with Gasteiger partial charge in [0.25, 0.3) is 0 Å². The second kappa shape index (κ2) is 16.5. The van der Waals surface area contributed by atoms with Crippen LogP contribution in [-0.4, -0.2) is 48.9 Å². The molecule has 0 aromatic heterocycles. The largest absolute Gasteiger partial charge is 0.508 e. The molecule has 10 nitrogen and oxygen atoms in total. The molecule has 1 aromatic rings. The molecular weight excluding hydrogens is 470 g/mol. The van der Waals surface area contributed by atoms with Gasteiger partial charge in [-0.15, -0.1) is 0 Å². The van der Waals surface area contributed by atoms with Gasteiger partial charge in [-0.3, -0.25) is 14.4 Å². The molecule has 2 N–H and O–H groups in total. The number of ether oxygens (including phenoxy) is 5. The summed E-state index contributed by atoms with van der Waals surface area (Å²) in [7, 11) is 0. The molecule has 0 heterocycles. The van der Waals surface area contributed by atoms with Crippen molar-refractivity contribution < 1.29 is 42.9 Å². The first-order valence-electron chi connectivity index (χ1n) is 12.4. The maximum Gasteiger partial charge on any atom is 0.508 e. The van der Waals surface area contributed by atoms with E-state index in [4.69, 9.17) is 29.4 Å². The van der Waals surface area contributed by atoms with Crippen molar-refractivity contribution in [2.75, 3.05) is 6.61 Å². The van der Waals surface area contributed by atoms with E-state index in [9.17, 15) is 19.2 Å². The minimum Gasteiger partial charge on any atom is -0.458 e. The van der Waals surface area contributed by atoms with Crippen molar-refractivity contribution >= 4 is 24.1 Å². The molecule has 36 heavy (non-hydrogen) atoms. The second-order valence-electron chi connectivity index (χ2n) is 8.39. The Morgan fingerprint density at radius 3 is 1.94 bits per heavy atom. The van der Waals surface area contributed by atoms with Crippen LogP contribution in [0.4, 0.5) is 4.79 Å². The molecule has 0 saturated heterocycles. The van der Waals surface area contributed by atoms with Crippen LogP contribution in [0.2, 0.25) is 0 Å². The smallest absolute Gasteiger partial charge is 0.458 e. The van der Waals surface area contributed by atoms with Crippen molar-refractivity contribution in [2.45, 2.75) is 97.8 Å². The summed E-state index contributed by atoms with van der Waals surface area (Å²) in [5.41, 5.74) is 6.62. The average Bonchev–Trinajstić information content (AvgIpc) is 2.82. The third-order valence-corrected chi connectivity index (χ3v) is 5.19. The molecule has 10 heteroatoms. The predicted molar refractivity (Wildman–Crippen MR) is 132 cm³/mol. The Hall–Kier alpha value is -3.14. The Bertz CT molecular complexity index is 871. The minimum absolute atomic E-state index is 0.0717. The molecule has 1 unspecified atom stereocenters. The molecule has 0 spiro atoms. The molecule has 0 aliphatic rings. The van der Waals surface area contributed by atoms with Gasteiger partial charge in [0.2, 0.25) is 0 Å². The summed E-state index contributed by atoms with van der Waals surface area (Å²) in [6.45, 7) is 8.88. The maximum absolute atomic E-state index is 12.5. The average molecular weight is 510 g/mol. The Morgan fingerprint density at radius 2 is 1.39 bits per heavy atom. The molecule has 1 aromatic carbocycles. The number of carbonyl (C=O) groups is 4. The van der Waals surface area contributed by atoms with E-state index in [-0.39, 0.29) is 37.4 Å². The van der Waals surface area contributed by atoms with Crippen LogP contribution in [0.15, 0.2) is 18.2 Å². The van der Waals surface area contributed by atoms with Crippen molar-refractivity contribution in [2.24, 2.45) is 5.73 Å². The van der Waals surface area contributed by atoms with E-state index in [1.807, 2.05) is 13.8 Å². The number of benzene rings is 1. The number of hydrogen-bond acceptors (Lipinski definition) is 10. The first-order chi connectivity index (χ1) is 17.1. The maximum atomic E-state index is 12.5. The van der Waals surface area contributed by atoms with Crippen molar-refractivity contribution in [3.05, 3.63) is 23.8 Å². The summed E-state index contributed by atoms with van der Waals surface area (Å²) < 4.78 is 25.9. The number of rotatable bonds is 15. The summed E-state index contributed by atoms with van der Waals surface area (Å²) in [6.07, 6.45) is 1.20. The van der Waals surface area contributed by atoms with E-state index in [2.05, 4.69) is 0 Å². The summed E-state index contributed by atoms with van der Waals surface area (Å²) >= 11 is 0. The SMILES string of the molecule is CCCCC(=O)Oc1ccc(C[C@H](N)C(=O)O[C@@H](C)C(C)OC(=O)OCC)cc1OC(=O)CCCC. The molecule has 0 aliphatic heterocycles. The van der Waals surface area contributed by atoms with Crippen LogP contribution in [0, 0.1) is 0 Å². The fraction of sp³-hybridized carbons (Fsp3) is 0.615. The minimum atomic E-state index is -1.04. The standard InChI is InChI=1S/C26H39NO9/c1-6-9-11-23(28)35-21-14-13-19(16-22(21)36-24(29)12-10-7-2)15-20(27)25(30)33-17(4)18(5)34-26(31)32-8-3/h13-14,16-18,20H,6-12,15,27H2,1-5H3/t17-,18?,20-/m0/s1. The molecule has 0 amide bonds. The first-order valence-corrected chi connectivity index (χ1v) is 12.4. The Labute approximate surface area is 212 Å². The normalized spacial score (nSPS) is 13.2. The monoisotopic (exact) mass is 509 g/mol. The molecule has 0 fully saturated rings. The van der Waals surface area contributed by atoms with Crippen LogP contribution < -0.4 is 15.2 Å². The molecular formula is C26H39NO9. The van der Waals surface area contributed by atoms with Gasteiger partial charge < -0.3 is 29.4 Å². The lowest BCUT2D eigenvalue weighted by atomic mass is 10.1. The number of carbonyl (C=O) groups excluding carboxylic acids is 4. The van der Waals surface area contributed by atoms with Crippen molar-refractivity contribution in [3.8, 4) is 11.5 Å². The molecule has 0 aliphatic carbocycles. The van der Waals surface area contributed by atoms with Crippen LogP contribution >= 0.6 is 0 Å². The van der Waals surface area contributed by atoms with Gasteiger partial charge in [-0.1, -0.05) is 32.8 Å². The van der Waals surface area contributed by atoms with Gasteiger partial charge >= 0.3 is 24.1 Å². The fourth-order valence-corrected chi connectivity index (χ4v) is 2.94. The summed E-state index contributed by atoms with van der Waals surface area (Å²) in [5, 5.41) is 0. The zero-order chi connectivity index (χ0) is 27.1. The van der Waals surface area contributed by atoms with E-state index in [0.717, 1.165) is 12.8 Å². The van der Waals surface area contributed by atoms with Crippen LogP contribution in [-0.2, 0) is 35.0 Å². The van der Waals surface area contributed by atoms with Crippen LogP contribution in [0.25, 0.3) is 0 Å². The lowest BCUT2D eigenvalue weighted by Crippen LogP contribution is -2.39. The highest BCUT2D eigenvalue weighted by Gasteiger charge is 2.25. The lowest BCUT2D eigenvalue weighted by molar-refractivity contribution is -0.155. The summed E-state index contributed by atoms with van der Waals surface area (Å²) in [4.78, 5) is 48.3. The van der Waals surface area contributed by atoms with E-state index in [1.165, 1.54) is 12.1 Å². The van der Waals surface area contributed by atoms with Gasteiger partial charge in [0.1, 0.15) is 18.2 Å². The molecule has 1 rings (SSSR count). The quantitative estimate of drug-likeness (QED) is 0.269. The van der Waals surface area contributed by atoms with Crippen LogP contribution in [0.3, 0.4) is 0 Å². The second-order valence-corrected chi connectivity index (χ2v) is 8.39. The van der Waals surface area contributed by atoms with E-state index in [1.54, 1.807) is 26.8 Å². The van der Waals surface area contributed by atoms with Crippen molar-refractivity contribution in [3.63, 3.8) is 0 Å². The topological polar surface area (TPSA) is 140 Å².